The van der Waals surface area contributed by atoms with Crippen LogP contribution in [0.5, 0.6) is 0 Å². The molecular formula is C5H9N3O2. The first-order chi connectivity index (χ1) is 4.72. The topological polar surface area (TPSA) is 70.6 Å². The van der Waals surface area contributed by atoms with Gasteiger partial charge in [-0.1, -0.05) is 0 Å². The lowest BCUT2D eigenvalue weighted by atomic mass is 10.4. The molecule has 0 rings (SSSR count). The molecule has 0 saturated carbocycles. The summed E-state index contributed by atoms with van der Waals surface area (Å²) in [6.45, 7) is 1.50. The number of amides is 2. The number of carbonyl (C=O) groups is 2. The van der Waals surface area contributed by atoms with Crippen LogP contribution in [0.15, 0.2) is 5.10 Å². The van der Waals surface area contributed by atoms with Gasteiger partial charge in [-0.05, 0) is 6.92 Å². The third kappa shape index (κ3) is 2.81. The molecule has 2 N–H and O–H groups in total. The highest BCUT2D eigenvalue weighted by Crippen LogP contribution is 1.71. The van der Waals surface area contributed by atoms with Crippen LogP contribution in [0.1, 0.15) is 6.92 Å². The van der Waals surface area contributed by atoms with Crippen molar-refractivity contribution in [3.63, 3.8) is 0 Å². The Labute approximate surface area is 58.5 Å². The van der Waals surface area contributed by atoms with Gasteiger partial charge >= 0.3 is 0 Å². The molecule has 5 nitrogen and oxygen atoms in total. The molecule has 10 heavy (non-hydrogen) atoms. The van der Waals surface area contributed by atoms with Gasteiger partial charge < -0.3 is 5.43 Å². The van der Waals surface area contributed by atoms with Crippen LogP contribution in [0.2, 0.25) is 0 Å². The average Bonchev–Trinajstić information content (AvgIpc) is 1.89. The minimum absolute atomic E-state index is 0.217. The summed E-state index contributed by atoms with van der Waals surface area (Å²) in [6.07, 6.45) is 0.316. The van der Waals surface area contributed by atoms with Gasteiger partial charge in [-0.2, -0.15) is 5.10 Å². The molecule has 0 saturated heterocycles. The minimum Gasteiger partial charge on any atom is -0.313 e. The van der Waals surface area contributed by atoms with Gasteiger partial charge in [-0.25, -0.2) is 0 Å². The highest BCUT2D eigenvalue weighted by Gasteiger charge is 2.01. The molecule has 0 heterocycles. The maximum atomic E-state index is 10.6. The fourth-order valence-electron chi connectivity index (χ4n) is 0.376. The minimum atomic E-state index is -0.496. The van der Waals surface area contributed by atoms with E-state index in [0.29, 0.717) is 6.41 Å². The van der Waals surface area contributed by atoms with E-state index in [1.807, 2.05) is 5.32 Å². The Morgan fingerprint density at radius 1 is 1.60 bits per heavy atom. The summed E-state index contributed by atoms with van der Waals surface area (Å²) in [6, 6.07) is 0. The zero-order chi connectivity index (χ0) is 7.98. The first-order valence-corrected chi connectivity index (χ1v) is 2.68. The lowest BCUT2D eigenvalue weighted by Gasteiger charge is -1.94. The first kappa shape index (κ1) is 8.61. The fraction of sp³-hybridized carbons (Fsp3) is 0.400. The highest BCUT2D eigenvalue weighted by atomic mass is 16.2. The van der Waals surface area contributed by atoms with E-state index in [0.717, 1.165) is 0 Å². The van der Waals surface area contributed by atoms with Gasteiger partial charge in [0.1, 0.15) is 5.71 Å². The molecule has 0 fully saturated rings. The van der Waals surface area contributed by atoms with E-state index in [2.05, 4.69) is 10.5 Å². The van der Waals surface area contributed by atoms with Crippen molar-refractivity contribution in [3.05, 3.63) is 0 Å². The summed E-state index contributed by atoms with van der Waals surface area (Å²) >= 11 is 0. The highest BCUT2D eigenvalue weighted by molar-refractivity contribution is 6.39. The van der Waals surface area contributed by atoms with Crippen molar-refractivity contribution < 1.29 is 9.59 Å². The first-order valence-electron chi connectivity index (χ1n) is 2.68. The monoisotopic (exact) mass is 143 g/mol. The number of hydrogen-bond acceptors (Lipinski definition) is 4. The van der Waals surface area contributed by atoms with Crippen molar-refractivity contribution in [3.8, 4) is 0 Å². The Morgan fingerprint density at radius 2 is 2.20 bits per heavy atom. The van der Waals surface area contributed by atoms with Gasteiger partial charge in [-0.3, -0.25) is 14.9 Å². The largest absolute Gasteiger partial charge is 0.313 e. The second-order valence-corrected chi connectivity index (χ2v) is 1.51. The number of carbonyl (C=O) groups excluding carboxylic acids is 2. The number of hydrogen-bond donors (Lipinski definition) is 2. The fourth-order valence-corrected chi connectivity index (χ4v) is 0.376. The van der Waals surface area contributed by atoms with Crippen LogP contribution in [-0.2, 0) is 9.59 Å². The zero-order valence-electron chi connectivity index (χ0n) is 5.84. The van der Waals surface area contributed by atoms with Crippen LogP contribution in [-0.4, -0.2) is 25.1 Å². The Hall–Kier alpha value is -1.39. The molecule has 56 valence electrons. The Balaban J connectivity index is 3.93. The van der Waals surface area contributed by atoms with Crippen LogP contribution >= 0.6 is 0 Å². The Kier molecular flexibility index (Phi) is 3.86. The van der Waals surface area contributed by atoms with Crippen molar-refractivity contribution in [2.45, 2.75) is 6.92 Å². The summed E-state index contributed by atoms with van der Waals surface area (Å²) in [4.78, 5) is 20.3. The molecular weight excluding hydrogens is 134 g/mol. The Bertz CT molecular complexity index is 164. The molecule has 0 aliphatic rings. The lowest BCUT2D eigenvalue weighted by Crippen LogP contribution is -2.28. The predicted molar refractivity (Wildman–Crippen MR) is 36.4 cm³/mol. The second kappa shape index (κ2) is 4.49. The van der Waals surface area contributed by atoms with E-state index in [1.165, 1.54) is 6.92 Å². The van der Waals surface area contributed by atoms with Gasteiger partial charge in [-0.15, -0.1) is 0 Å². The van der Waals surface area contributed by atoms with Crippen LogP contribution in [0, 0.1) is 0 Å². The van der Waals surface area contributed by atoms with E-state index < -0.39 is 5.91 Å². The quantitative estimate of drug-likeness (QED) is 0.298. The maximum absolute atomic E-state index is 10.6. The number of hydrazone groups is 1. The summed E-state index contributed by atoms with van der Waals surface area (Å²) in [7, 11) is 1.57. The van der Waals surface area contributed by atoms with E-state index in [4.69, 9.17) is 0 Å². The predicted octanol–water partition coefficient (Wildman–Crippen LogP) is -1.15. The number of rotatable bonds is 3. The lowest BCUT2D eigenvalue weighted by molar-refractivity contribution is -0.120. The van der Waals surface area contributed by atoms with Crippen molar-refractivity contribution in [2.75, 3.05) is 7.05 Å². The summed E-state index contributed by atoms with van der Waals surface area (Å²) in [5, 5.41) is 5.48. The van der Waals surface area contributed by atoms with E-state index in [9.17, 15) is 9.59 Å². The molecule has 0 bridgehead atoms. The Morgan fingerprint density at radius 3 is 2.60 bits per heavy atom. The molecule has 2 amide bonds. The van der Waals surface area contributed by atoms with Gasteiger partial charge in [0, 0.05) is 7.05 Å². The molecule has 0 spiro atoms. The molecule has 0 radical (unpaired) electrons. The number of nitrogens with one attached hydrogen (secondary N) is 2. The average molecular weight is 143 g/mol. The van der Waals surface area contributed by atoms with Crippen LogP contribution in [0.25, 0.3) is 0 Å². The molecule has 0 aromatic heterocycles. The van der Waals surface area contributed by atoms with Crippen LogP contribution in [0.3, 0.4) is 0 Å². The molecule has 0 unspecified atom stereocenters. The molecule has 0 aliphatic heterocycles. The van der Waals surface area contributed by atoms with Gasteiger partial charge in [0.25, 0.3) is 5.91 Å². The van der Waals surface area contributed by atoms with Crippen LogP contribution < -0.4 is 10.7 Å². The second-order valence-electron chi connectivity index (χ2n) is 1.51. The number of imide groups is 1. The van der Waals surface area contributed by atoms with E-state index >= 15 is 0 Å². The third-order valence-electron chi connectivity index (χ3n) is 0.798. The molecule has 5 heteroatoms. The summed E-state index contributed by atoms with van der Waals surface area (Å²) < 4.78 is 0. The van der Waals surface area contributed by atoms with Crippen molar-refractivity contribution in [1.29, 1.82) is 0 Å². The van der Waals surface area contributed by atoms with Crippen molar-refractivity contribution in [2.24, 2.45) is 5.10 Å². The number of nitrogens with zero attached hydrogens (tertiary/aromatic N) is 1. The van der Waals surface area contributed by atoms with Crippen LogP contribution in [0.4, 0.5) is 0 Å². The summed E-state index contributed by atoms with van der Waals surface area (Å²) in [5.74, 6) is -0.496. The van der Waals surface area contributed by atoms with Crippen molar-refractivity contribution >= 4 is 18.0 Å². The van der Waals surface area contributed by atoms with E-state index in [1.54, 1.807) is 7.05 Å². The summed E-state index contributed by atoms with van der Waals surface area (Å²) in [5.41, 5.74) is 2.64. The molecule has 0 aromatic carbocycles. The zero-order valence-corrected chi connectivity index (χ0v) is 5.84. The SMILES string of the molecule is CN/N=C(/C)C(=O)NC=O. The molecule has 0 aliphatic carbocycles. The maximum Gasteiger partial charge on any atom is 0.273 e. The molecule has 0 aromatic rings. The van der Waals surface area contributed by atoms with Gasteiger partial charge in [0.15, 0.2) is 0 Å². The molecule has 0 atom stereocenters. The van der Waals surface area contributed by atoms with Crippen molar-refractivity contribution in [1.82, 2.24) is 10.7 Å². The standard InChI is InChI=1S/C5H9N3O2/c1-4(8-6-2)5(10)7-3-9/h3,6H,1-2H3,(H,7,9,10)/b8-4-. The smallest absolute Gasteiger partial charge is 0.273 e. The van der Waals surface area contributed by atoms with Gasteiger partial charge in [0.2, 0.25) is 6.41 Å². The van der Waals surface area contributed by atoms with Gasteiger partial charge in [0.05, 0.1) is 0 Å². The third-order valence-corrected chi connectivity index (χ3v) is 0.798. The normalized spacial score (nSPS) is 10.4. The van der Waals surface area contributed by atoms with E-state index in [-0.39, 0.29) is 5.71 Å².